The zero-order chi connectivity index (χ0) is 9.00. The molecule has 0 fully saturated rings. The van der Waals surface area contributed by atoms with Gasteiger partial charge in [-0.05, 0) is 0 Å². The average Bonchev–Trinajstić information content (AvgIpc) is 1.12. The van der Waals surface area contributed by atoms with Gasteiger partial charge in [0, 0.05) is 20.8 Å². The molecule has 0 rings (SSSR count). The molecule has 0 aliphatic carbocycles. The minimum Gasteiger partial charge on any atom is -0.759 e. The van der Waals surface area contributed by atoms with Crippen molar-refractivity contribution in [3.05, 3.63) is 0 Å². The summed E-state index contributed by atoms with van der Waals surface area (Å²) in [7, 11) is -10.3. The van der Waals surface area contributed by atoms with E-state index >= 15 is 0 Å². The third-order valence-corrected chi connectivity index (χ3v) is 0. The zero-order valence-electron chi connectivity index (χ0n) is 5.58. The molecule has 0 aliphatic rings. The van der Waals surface area contributed by atoms with Crippen molar-refractivity contribution in [2.75, 3.05) is 0 Å². The molecule has 0 saturated carbocycles. The van der Waals surface area contributed by atoms with Crippen LogP contribution in [0.25, 0.3) is 0 Å². The largest absolute Gasteiger partial charge is 4.00 e. The Morgan fingerprint density at radius 1 is 0.615 bits per heavy atom. The maximum absolute atomic E-state index is 8.52. The molecule has 0 aromatic heterocycles. The molecule has 13 heavy (non-hydrogen) atoms. The maximum Gasteiger partial charge on any atom is 4.00 e. The Morgan fingerprint density at radius 3 is 0.615 bits per heavy atom. The van der Waals surface area contributed by atoms with Gasteiger partial charge in [-0.1, -0.05) is 0 Å². The number of hydrogen-bond donors (Lipinski definition) is 0. The SMILES string of the molecule is O.O.O=S(=O)([O-])[O-].O=S(=O)([O-])[O-].[Th+4]. The Balaban J connectivity index is -0.0000000267. The van der Waals surface area contributed by atoms with Gasteiger partial charge in [0.2, 0.25) is 0 Å². The molecule has 0 bridgehead atoms. The summed E-state index contributed by atoms with van der Waals surface area (Å²) in [6, 6.07) is 0. The van der Waals surface area contributed by atoms with Gasteiger partial charge in [0.25, 0.3) is 0 Å². The Kier molecular flexibility index (Phi) is 24.9. The first-order valence-electron chi connectivity index (χ1n) is 1.33. The quantitative estimate of drug-likeness (QED) is 0.253. The normalized spacial score (nSPS) is 8.92. The molecule has 0 unspecified atom stereocenters. The van der Waals surface area contributed by atoms with Crippen molar-refractivity contribution in [3.8, 4) is 0 Å². The van der Waals surface area contributed by atoms with Gasteiger partial charge in [0.15, 0.2) is 0 Å². The molecule has 10 nitrogen and oxygen atoms in total. The predicted molar refractivity (Wildman–Crippen MR) is 28.2 cm³/mol. The van der Waals surface area contributed by atoms with E-state index in [1.807, 2.05) is 0 Å². The molecule has 13 heteroatoms. The smallest absolute Gasteiger partial charge is 0.759 e. The van der Waals surface area contributed by atoms with Crippen molar-refractivity contribution in [2.45, 2.75) is 0 Å². The third-order valence-electron chi connectivity index (χ3n) is 0. The van der Waals surface area contributed by atoms with Gasteiger partial charge < -0.3 is 29.2 Å². The van der Waals surface area contributed by atoms with Gasteiger partial charge in [0.05, 0.1) is 0 Å². The molecular formula is H4O10S2Th. The van der Waals surface area contributed by atoms with Gasteiger partial charge in [-0.3, -0.25) is 16.8 Å². The van der Waals surface area contributed by atoms with E-state index < -0.39 is 20.8 Å². The summed E-state index contributed by atoms with van der Waals surface area (Å²) in [6.45, 7) is 0. The Hall–Kier alpha value is 0.985. The molecule has 0 spiro atoms. The van der Waals surface area contributed by atoms with Crippen LogP contribution in [0.5, 0.6) is 0 Å². The first kappa shape index (κ1) is 29.2. The van der Waals surface area contributed by atoms with Crippen LogP contribution in [-0.2, 0) is 20.8 Å². The second kappa shape index (κ2) is 11.1. The first-order valence-corrected chi connectivity index (χ1v) is 4.00. The van der Waals surface area contributed by atoms with Crippen molar-refractivity contribution in [1.82, 2.24) is 0 Å². The van der Waals surface area contributed by atoms with Crippen LogP contribution in [0.15, 0.2) is 0 Å². The van der Waals surface area contributed by atoms with Crippen molar-refractivity contribution < 1.29 is 85.9 Å². The van der Waals surface area contributed by atoms with Gasteiger partial charge in [0.1, 0.15) is 0 Å². The molecule has 80 valence electrons. The second-order valence-electron chi connectivity index (χ2n) is 0.816. The van der Waals surface area contributed by atoms with E-state index in [2.05, 4.69) is 0 Å². The molecule has 4 N–H and O–H groups in total. The predicted octanol–water partition coefficient (Wildman–Crippen LogP) is -4.33. The van der Waals surface area contributed by atoms with E-state index in [9.17, 15) is 0 Å². The summed E-state index contributed by atoms with van der Waals surface area (Å²) in [6.07, 6.45) is 0. The molecular weight excluding hydrogens is 456 g/mol. The Morgan fingerprint density at radius 2 is 0.615 bits per heavy atom. The summed E-state index contributed by atoms with van der Waals surface area (Å²) in [5.74, 6) is 0. The summed E-state index contributed by atoms with van der Waals surface area (Å²) in [5, 5.41) is 0. The fourth-order valence-electron chi connectivity index (χ4n) is 0. The summed E-state index contributed by atoms with van der Waals surface area (Å²) in [4.78, 5) is 0. The summed E-state index contributed by atoms with van der Waals surface area (Å²) < 4.78 is 68.2. The summed E-state index contributed by atoms with van der Waals surface area (Å²) >= 11 is 0. The third kappa shape index (κ3) is 1620. The van der Waals surface area contributed by atoms with Crippen molar-refractivity contribution >= 4 is 20.8 Å². The van der Waals surface area contributed by atoms with Crippen LogP contribution < -0.4 is 0 Å². The van der Waals surface area contributed by atoms with Crippen molar-refractivity contribution in [3.63, 3.8) is 0 Å². The minimum atomic E-state index is -5.17. The maximum atomic E-state index is 8.52. The first-order chi connectivity index (χ1) is 4.00. The van der Waals surface area contributed by atoms with Crippen LogP contribution in [0.4, 0.5) is 0 Å². The number of rotatable bonds is 0. The molecule has 0 aliphatic heterocycles. The van der Waals surface area contributed by atoms with E-state index in [0.717, 1.165) is 0 Å². The van der Waals surface area contributed by atoms with Gasteiger partial charge in [-0.2, -0.15) is 0 Å². The Bertz CT molecular complexity index is 209. The molecule has 0 radical (unpaired) electrons. The molecule has 0 heterocycles. The molecule has 0 atom stereocenters. The average molecular weight is 460 g/mol. The van der Waals surface area contributed by atoms with E-state index in [-0.39, 0.29) is 50.9 Å². The number of hydrogen-bond acceptors (Lipinski definition) is 8. The van der Waals surface area contributed by atoms with E-state index in [0.29, 0.717) is 0 Å². The van der Waals surface area contributed by atoms with Crippen LogP contribution in [0.2, 0.25) is 0 Å². The van der Waals surface area contributed by atoms with Gasteiger partial charge >= 0.3 is 39.9 Å². The molecule has 0 amide bonds. The van der Waals surface area contributed by atoms with Crippen molar-refractivity contribution in [2.24, 2.45) is 0 Å². The fourth-order valence-corrected chi connectivity index (χ4v) is 0. The monoisotopic (exact) mass is 460 g/mol. The molecule has 0 aromatic rings. The van der Waals surface area contributed by atoms with Crippen LogP contribution >= 0.6 is 0 Å². The fraction of sp³-hybridized carbons (Fsp3) is 0. The zero-order valence-corrected chi connectivity index (χ0v) is 11.3. The van der Waals surface area contributed by atoms with Crippen LogP contribution in [-0.4, -0.2) is 46.0 Å². The minimum absolute atomic E-state index is 0. The van der Waals surface area contributed by atoms with Crippen molar-refractivity contribution in [1.29, 1.82) is 0 Å². The van der Waals surface area contributed by atoms with Crippen LogP contribution in [0, 0.1) is 39.9 Å². The van der Waals surface area contributed by atoms with Gasteiger partial charge in [-0.15, -0.1) is 0 Å². The van der Waals surface area contributed by atoms with E-state index in [1.54, 1.807) is 0 Å². The van der Waals surface area contributed by atoms with E-state index in [1.165, 1.54) is 0 Å². The van der Waals surface area contributed by atoms with Crippen LogP contribution in [0.1, 0.15) is 0 Å². The topological polar surface area (TPSA) is 224 Å². The van der Waals surface area contributed by atoms with Crippen LogP contribution in [0.3, 0.4) is 0 Å². The standard InChI is InChI=1S/2H2O4S.2H2O.Th/c2*1-5(2,3)4;;;/h2*(H2,1,2,3,4);2*1H2;/q;;;;+4/p-4. The van der Waals surface area contributed by atoms with E-state index in [4.69, 9.17) is 35.0 Å². The molecule has 0 saturated heterocycles. The van der Waals surface area contributed by atoms with Gasteiger partial charge in [-0.25, -0.2) is 0 Å². The Labute approximate surface area is 106 Å². The molecule has 0 aromatic carbocycles. The second-order valence-corrected chi connectivity index (χ2v) is 2.45. The summed E-state index contributed by atoms with van der Waals surface area (Å²) in [5.41, 5.74) is 0.